The molecule has 132 valence electrons. The Kier molecular flexibility index (Phi) is 12.5. The molecule has 0 heterocycles. The van der Waals surface area contributed by atoms with Crippen LogP contribution in [-0.2, 0) is 4.74 Å². The van der Waals surface area contributed by atoms with Crippen LogP contribution in [0.3, 0.4) is 0 Å². The Morgan fingerprint density at radius 3 is 2.22 bits per heavy atom. The van der Waals surface area contributed by atoms with Crippen LogP contribution in [0.2, 0.25) is 0 Å². The van der Waals surface area contributed by atoms with Gasteiger partial charge >= 0.3 is 5.97 Å². The smallest absolute Gasteiger partial charge is 0.338 e. The molecule has 23 heavy (non-hydrogen) atoms. The van der Waals surface area contributed by atoms with Gasteiger partial charge in [-0.3, -0.25) is 0 Å². The summed E-state index contributed by atoms with van der Waals surface area (Å²) in [6.07, 6.45) is 7.32. The Morgan fingerprint density at radius 1 is 1.13 bits per heavy atom. The lowest BCUT2D eigenvalue weighted by Crippen LogP contribution is -2.32. The van der Waals surface area contributed by atoms with E-state index in [-0.39, 0.29) is 18.4 Å². The van der Waals surface area contributed by atoms with E-state index in [1.807, 2.05) is 0 Å². The number of hydrogen-bond acceptors (Lipinski definition) is 4. The van der Waals surface area contributed by atoms with Gasteiger partial charge < -0.3 is 15.8 Å². The molecule has 0 fully saturated rings. The minimum atomic E-state index is -0.291. The number of nitrogens with two attached hydrogens (primary N) is 1. The van der Waals surface area contributed by atoms with E-state index in [2.05, 4.69) is 19.2 Å². The molecule has 0 spiro atoms. The number of anilines is 1. The first-order valence-corrected chi connectivity index (χ1v) is 8.43. The third-order valence-corrected chi connectivity index (χ3v) is 3.73. The van der Waals surface area contributed by atoms with Crippen molar-refractivity contribution in [3.63, 3.8) is 0 Å². The molecule has 0 aliphatic rings. The highest BCUT2D eigenvalue weighted by Crippen LogP contribution is 2.09. The highest BCUT2D eigenvalue weighted by atomic mass is 35.5. The molecule has 0 radical (unpaired) electrons. The second kappa shape index (κ2) is 13.2. The summed E-state index contributed by atoms with van der Waals surface area (Å²) in [5, 5.41) is 3.51. The van der Waals surface area contributed by atoms with E-state index in [4.69, 9.17) is 10.5 Å². The minimum absolute atomic E-state index is 0. The zero-order chi connectivity index (χ0) is 16.2. The average Bonchev–Trinajstić information content (AvgIpc) is 2.53. The highest BCUT2D eigenvalue weighted by molar-refractivity contribution is 5.89. The maximum absolute atomic E-state index is 11.9. The number of hydrogen-bond donors (Lipinski definition) is 2. The molecule has 0 saturated heterocycles. The van der Waals surface area contributed by atoms with Crippen molar-refractivity contribution in [3.8, 4) is 0 Å². The van der Waals surface area contributed by atoms with E-state index in [0.717, 1.165) is 0 Å². The summed E-state index contributed by atoms with van der Waals surface area (Å²) in [5.41, 5.74) is 6.79. The molecule has 0 atom stereocenters. The van der Waals surface area contributed by atoms with Crippen LogP contribution >= 0.6 is 12.4 Å². The number of nitrogen functional groups attached to an aromatic ring is 1. The summed E-state index contributed by atoms with van der Waals surface area (Å²) < 4.78 is 5.29. The lowest BCUT2D eigenvalue weighted by molar-refractivity contribution is 0.0505. The standard InChI is InChI=1S/C18H30N2O2.ClH/c1-3-5-7-17(8-6-4-2)20-13-14-22-18(21)15-9-11-16(19)12-10-15;/h9-12,17,20H,3-8,13-14,19H2,1-2H3;1H. The molecule has 0 saturated carbocycles. The molecule has 1 aromatic rings. The van der Waals surface area contributed by atoms with Crippen LogP contribution in [0.5, 0.6) is 0 Å². The molecule has 1 aromatic carbocycles. The summed E-state index contributed by atoms with van der Waals surface area (Å²) in [4.78, 5) is 11.9. The maximum Gasteiger partial charge on any atom is 0.338 e. The first-order chi connectivity index (χ1) is 10.7. The molecule has 0 bridgehead atoms. The lowest BCUT2D eigenvalue weighted by atomic mass is 10.0. The summed E-state index contributed by atoms with van der Waals surface area (Å²) in [5.74, 6) is -0.291. The Hall–Kier alpha value is -1.26. The van der Waals surface area contributed by atoms with Crippen LogP contribution in [0.4, 0.5) is 5.69 Å². The number of carbonyl (C=O) groups excluding carboxylic acids is 1. The van der Waals surface area contributed by atoms with Gasteiger partial charge in [0.1, 0.15) is 6.61 Å². The van der Waals surface area contributed by atoms with Gasteiger partial charge in [-0.1, -0.05) is 39.5 Å². The van der Waals surface area contributed by atoms with Crippen molar-refractivity contribution >= 4 is 24.1 Å². The number of unbranched alkanes of at least 4 members (excludes halogenated alkanes) is 2. The number of benzene rings is 1. The number of nitrogens with one attached hydrogen (secondary N) is 1. The summed E-state index contributed by atoms with van der Waals surface area (Å²) >= 11 is 0. The van der Waals surface area contributed by atoms with Crippen LogP contribution in [0.15, 0.2) is 24.3 Å². The lowest BCUT2D eigenvalue weighted by Gasteiger charge is -2.18. The number of rotatable bonds is 11. The van der Waals surface area contributed by atoms with E-state index in [0.29, 0.717) is 30.4 Å². The van der Waals surface area contributed by atoms with Crippen molar-refractivity contribution in [2.24, 2.45) is 0 Å². The van der Waals surface area contributed by atoms with Gasteiger partial charge in [-0.15, -0.1) is 12.4 Å². The molecular weight excluding hydrogens is 312 g/mol. The summed E-state index contributed by atoms with van der Waals surface area (Å²) in [7, 11) is 0. The maximum atomic E-state index is 11.9. The van der Waals surface area contributed by atoms with Gasteiger partial charge in [0.05, 0.1) is 5.56 Å². The van der Waals surface area contributed by atoms with Gasteiger partial charge in [0.15, 0.2) is 0 Å². The molecule has 0 aliphatic heterocycles. The highest BCUT2D eigenvalue weighted by Gasteiger charge is 2.09. The molecule has 1 rings (SSSR count). The molecule has 0 aromatic heterocycles. The normalized spacial score (nSPS) is 10.4. The minimum Gasteiger partial charge on any atom is -0.461 e. The predicted octanol–water partition coefficient (Wildman–Crippen LogP) is 4.19. The van der Waals surface area contributed by atoms with Crippen molar-refractivity contribution in [2.75, 3.05) is 18.9 Å². The van der Waals surface area contributed by atoms with Gasteiger partial charge in [0.25, 0.3) is 0 Å². The van der Waals surface area contributed by atoms with Crippen LogP contribution < -0.4 is 11.1 Å². The Balaban J connectivity index is 0.00000484. The van der Waals surface area contributed by atoms with Crippen LogP contribution in [0.25, 0.3) is 0 Å². The third kappa shape index (κ3) is 9.47. The first kappa shape index (κ1) is 21.7. The largest absolute Gasteiger partial charge is 0.461 e. The zero-order valence-electron chi connectivity index (χ0n) is 14.3. The number of ether oxygens (including phenoxy) is 1. The molecule has 0 aliphatic carbocycles. The Bertz CT molecular complexity index is 416. The van der Waals surface area contributed by atoms with E-state index in [1.54, 1.807) is 24.3 Å². The number of carbonyl (C=O) groups is 1. The Labute approximate surface area is 146 Å². The second-order valence-electron chi connectivity index (χ2n) is 5.69. The van der Waals surface area contributed by atoms with Gasteiger partial charge in [-0.05, 0) is 37.1 Å². The quantitative estimate of drug-likeness (QED) is 0.359. The molecule has 0 unspecified atom stereocenters. The van der Waals surface area contributed by atoms with Crippen LogP contribution in [0.1, 0.15) is 62.7 Å². The molecule has 0 amide bonds. The SMILES string of the molecule is CCCCC(CCCC)NCCOC(=O)c1ccc(N)cc1.Cl. The average molecular weight is 343 g/mol. The number of esters is 1. The third-order valence-electron chi connectivity index (χ3n) is 3.73. The first-order valence-electron chi connectivity index (χ1n) is 8.43. The van der Waals surface area contributed by atoms with Crippen molar-refractivity contribution in [2.45, 2.75) is 58.4 Å². The topological polar surface area (TPSA) is 64.3 Å². The fourth-order valence-corrected chi connectivity index (χ4v) is 2.36. The van der Waals surface area contributed by atoms with Gasteiger partial charge in [0, 0.05) is 18.3 Å². The van der Waals surface area contributed by atoms with Gasteiger partial charge in [-0.2, -0.15) is 0 Å². The van der Waals surface area contributed by atoms with Crippen molar-refractivity contribution in [3.05, 3.63) is 29.8 Å². The predicted molar refractivity (Wildman–Crippen MR) is 99.2 cm³/mol. The van der Waals surface area contributed by atoms with E-state index in [1.165, 1.54) is 38.5 Å². The van der Waals surface area contributed by atoms with Gasteiger partial charge in [0.2, 0.25) is 0 Å². The monoisotopic (exact) mass is 342 g/mol. The van der Waals surface area contributed by atoms with Crippen LogP contribution in [-0.4, -0.2) is 25.2 Å². The molecular formula is C18H31ClN2O2. The number of halogens is 1. The van der Waals surface area contributed by atoms with Crippen molar-refractivity contribution in [1.82, 2.24) is 5.32 Å². The van der Waals surface area contributed by atoms with Crippen molar-refractivity contribution in [1.29, 1.82) is 0 Å². The van der Waals surface area contributed by atoms with Gasteiger partial charge in [-0.25, -0.2) is 4.79 Å². The second-order valence-corrected chi connectivity index (χ2v) is 5.69. The summed E-state index contributed by atoms with van der Waals surface area (Å²) in [6, 6.07) is 7.34. The zero-order valence-corrected chi connectivity index (χ0v) is 15.2. The fourth-order valence-electron chi connectivity index (χ4n) is 2.36. The summed E-state index contributed by atoms with van der Waals surface area (Å²) in [6.45, 7) is 5.54. The molecule has 5 heteroatoms. The molecule has 4 nitrogen and oxygen atoms in total. The van der Waals surface area contributed by atoms with Crippen LogP contribution in [0, 0.1) is 0 Å². The van der Waals surface area contributed by atoms with E-state index < -0.39 is 0 Å². The Morgan fingerprint density at radius 2 is 1.70 bits per heavy atom. The molecule has 3 N–H and O–H groups in total. The fraction of sp³-hybridized carbons (Fsp3) is 0.611. The van der Waals surface area contributed by atoms with E-state index in [9.17, 15) is 4.79 Å². The van der Waals surface area contributed by atoms with Crippen molar-refractivity contribution < 1.29 is 9.53 Å². The van der Waals surface area contributed by atoms with E-state index >= 15 is 0 Å².